The maximum Gasteiger partial charge on any atom is 0.335 e. The second kappa shape index (κ2) is 6.14. The van der Waals surface area contributed by atoms with Gasteiger partial charge in [-0.05, 0) is 18.6 Å². The Labute approximate surface area is 115 Å². The van der Waals surface area contributed by atoms with Crippen molar-refractivity contribution in [3.63, 3.8) is 0 Å². The molecule has 0 spiro atoms. The van der Waals surface area contributed by atoms with Crippen LogP contribution in [-0.4, -0.2) is 45.9 Å². The van der Waals surface area contributed by atoms with E-state index in [0.717, 1.165) is 6.42 Å². The summed E-state index contributed by atoms with van der Waals surface area (Å²) >= 11 is 0. The van der Waals surface area contributed by atoms with Gasteiger partial charge in [-0.25, -0.2) is 4.79 Å². The summed E-state index contributed by atoms with van der Waals surface area (Å²) < 4.78 is 0. The first kappa shape index (κ1) is 14.0. The smallest absolute Gasteiger partial charge is 0.335 e. The minimum Gasteiger partial charge on any atom is -0.478 e. The average Bonchev–Trinajstić information content (AvgIpc) is 2.82. The van der Waals surface area contributed by atoms with Crippen molar-refractivity contribution in [2.24, 2.45) is 0 Å². The molecule has 2 N–H and O–H groups in total. The van der Waals surface area contributed by atoms with Crippen molar-refractivity contribution >= 4 is 17.8 Å². The molecule has 0 aliphatic carbocycles. The summed E-state index contributed by atoms with van der Waals surface area (Å²) in [5.41, 5.74) is 0.588. The number of amides is 2. The number of rotatable bonds is 5. The minimum atomic E-state index is -1.04. The number of aromatic nitrogens is 1. The first-order valence-electron chi connectivity index (χ1n) is 6.29. The van der Waals surface area contributed by atoms with Crippen LogP contribution in [-0.2, 0) is 16.1 Å². The number of likely N-dealkylation sites (tertiary alicyclic amines) is 1. The summed E-state index contributed by atoms with van der Waals surface area (Å²) in [6, 6.07) is 2.79. The Morgan fingerprint density at radius 3 is 2.90 bits per heavy atom. The molecule has 0 radical (unpaired) electrons. The lowest BCUT2D eigenvalue weighted by molar-refractivity contribution is -0.133. The maximum absolute atomic E-state index is 11.7. The van der Waals surface area contributed by atoms with E-state index < -0.39 is 5.97 Å². The molecule has 1 fully saturated rings. The van der Waals surface area contributed by atoms with Crippen LogP contribution < -0.4 is 5.32 Å². The van der Waals surface area contributed by atoms with Crippen LogP contribution in [0.3, 0.4) is 0 Å². The van der Waals surface area contributed by atoms with E-state index >= 15 is 0 Å². The van der Waals surface area contributed by atoms with Gasteiger partial charge in [-0.15, -0.1) is 0 Å². The van der Waals surface area contributed by atoms with Crippen molar-refractivity contribution in [2.45, 2.75) is 19.4 Å². The molecule has 2 heterocycles. The van der Waals surface area contributed by atoms with Gasteiger partial charge in [0, 0.05) is 19.2 Å². The lowest BCUT2D eigenvalue weighted by Gasteiger charge is -2.14. The van der Waals surface area contributed by atoms with Gasteiger partial charge in [0.05, 0.1) is 24.3 Å². The Morgan fingerprint density at radius 1 is 1.45 bits per heavy atom. The van der Waals surface area contributed by atoms with Gasteiger partial charge in [0.1, 0.15) is 0 Å². The third-order valence-corrected chi connectivity index (χ3v) is 3.04. The first-order valence-corrected chi connectivity index (χ1v) is 6.29. The topological polar surface area (TPSA) is 99.6 Å². The van der Waals surface area contributed by atoms with Gasteiger partial charge in [-0.1, -0.05) is 0 Å². The number of pyridine rings is 1. The zero-order valence-electron chi connectivity index (χ0n) is 10.8. The monoisotopic (exact) mass is 277 g/mol. The van der Waals surface area contributed by atoms with Gasteiger partial charge < -0.3 is 15.3 Å². The molecule has 106 valence electrons. The number of carboxylic acids is 1. The number of carbonyl (C=O) groups is 3. The number of aromatic carboxylic acids is 1. The molecule has 1 aliphatic rings. The summed E-state index contributed by atoms with van der Waals surface area (Å²) in [4.78, 5) is 39.4. The molecule has 1 aliphatic heterocycles. The Kier molecular flexibility index (Phi) is 4.29. The van der Waals surface area contributed by atoms with Crippen molar-refractivity contribution in [1.82, 2.24) is 15.2 Å². The molecule has 0 aromatic carbocycles. The van der Waals surface area contributed by atoms with Crippen LogP contribution in [0.5, 0.6) is 0 Å². The summed E-state index contributed by atoms with van der Waals surface area (Å²) in [5, 5.41) is 11.5. The largest absolute Gasteiger partial charge is 0.478 e. The Balaban J connectivity index is 1.85. The van der Waals surface area contributed by atoms with Crippen LogP contribution in [0.4, 0.5) is 0 Å². The zero-order valence-corrected chi connectivity index (χ0v) is 10.8. The van der Waals surface area contributed by atoms with E-state index in [4.69, 9.17) is 5.11 Å². The number of nitrogens with zero attached hydrogens (tertiary/aromatic N) is 2. The molecule has 0 atom stereocenters. The fourth-order valence-electron chi connectivity index (χ4n) is 2.00. The number of carboxylic acid groups (broad SMARTS) is 1. The molecule has 1 aromatic rings. The van der Waals surface area contributed by atoms with Gasteiger partial charge in [-0.2, -0.15) is 0 Å². The second-order valence-electron chi connectivity index (χ2n) is 4.54. The van der Waals surface area contributed by atoms with Gasteiger partial charge in [0.2, 0.25) is 11.8 Å². The van der Waals surface area contributed by atoms with Crippen molar-refractivity contribution in [1.29, 1.82) is 0 Å². The first-order chi connectivity index (χ1) is 9.56. The van der Waals surface area contributed by atoms with Crippen LogP contribution >= 0.6 is 0 Å². The Hall–Kier alpha value is -2.44. The molecule has 20 heavy (non-hydrogen) atoms. The molecule has 2 amide bonds. The Morgan fingerprint density at radius 2 is 2.25 bits per heavy atom. The molecule has 0 unspecified atom stereocenters. The lowest BCUT2D eigenvalue weighted by atomic mass is 10.2. The van der Waals surface area contributed by atoms with Crippen LogP contribution in [0.25, 0.3) is 0 Å². The Bertz CT molecular complexity index is 544. The minimum absolute atomic E-state index is 0.00819. The van der Waals surface area contributed by atoms with Gasteiger partial charge in [0.15, 0.2) is 0 Å². The van der Waals surface area contributed by atoms with E-state index in [0.29, 0.717) is 18.7 Å². The van der Waals surface area contributed by atoms with Crippen LogP contribution in [0, 0.1) is 0 Å². The van der Waals surface area contributed by atoms with E-state index in [2.05, 4.69) is 10.3 Å². The van der Waals surface area contributed by atoms with Crippen LogP contribution in [0.1, 0.15) is 28.9 Å². The summed E-state index contributed by atoms with van der Waals surface area (Å²) in [6.45, 7) is 0.790. The fourth-order valence-corrected chi connectivity index (χ4v) is 2.00. The maximum atomic E-state index is 11.7. The molecular weight excluding hydrogens is 262 g/mol. The van der Waals surface area contributed by atoms with Crippen molar-refractivity contribution in [3.8, 4) is 0 Å². The lowest BCUT2D eigenvalue weighted by Crippen LogP contribution is -2.37. The molecule has 0 bridgehead atoms. The zero-order chi connectivity index (χ0) is 14.5. The summed E-state index contributed by atoms with van der Waals surface area (Å²) in [6.07, 6.45) is 2.67. The van der Waals surface area contributed by atoms with Crippen LogP contribution in [0.2, 0.25) is 0 Å². The third-order valence-electron chi connectivity index (χ3n) is 3.04. The van der Waals surface area contributed by atoms with Crippen molar-refractivity contribution in [3.05, 3.63) is 29.6 Å². The molecule has 7 heteroatoms. The summed E-state index contributed by atoms with van der Waals surface area (Å²) in [7, 11) is 0. The molecule has 2 rings (SSSR count). The molecule has 1 aromatic heterocycles. The van der Waals surface area contributed by atoms with Gasteiger partial charge >= 0.3 is 5.97 Å². The van der Waals surface area contributed by atoms with E-state index in [1.54, 1.807) is 0 Å². The molecule has 7 nitrogen and oxygen atoms in total. The highest BCUT2D eigenvalue weighted by atomic mass is 16.4. The average molecular weight is 277 g/mol. The van der Waals surface area contributed by atoms with Crippen LogP contribution in [0.15, 0.2) is 18.3 Å². The summed E-state index contributed by atoms with van der Waals surface area (Å²) in [5.74, 6) is -1.32. The number of hydrogen-bond acceptors (Lipinski definition) is 4. The predicted octanol–water partition coefficient (Wildman–Crippen LogP) is 0.0184. The fraction of sp³-hybridized carbons (Fsp3) is 0.385. The van der Waals surface area contributed by atoms with Gasteiger partial charge in [-0.3, -0.25) is 14.6 Å². The standard InChI is InChI=1S/C13H15N3O4/c17-11(8-16-5-1-2-12(16)18)15-7-10-6-9(13(19)20)3-4-14-10/h3-4,6H,1-2,5,7-8H2,(H,15,17)(H,19,20). The highest BCUT2D eigenvalue weighted by molar-refractivity contribution is 5.87. The number of carbonyl (C=O) groups excluding carboxylic acids is 2. The molecule has 1 saturated heterocycles. The third kappa shape index (κ3) is 3.53. The quantitative estimate of drug-likeness (QED) is 0.790. The predicted molar refractivity (Wildman–Crippen MR) is 68.9 cm³/mol. The number of hydrogen-bond donors (Lipinski definition) is 2. The van der Waals surface area contributed by atoms with E-state index in [1.165, 1.54) is 23.2 Å². The SMILES string of the molecule is O=C(CN1CCCC1=O)NCc1cc(C(=O)O)ccn1. The van der Waals surface area contributed by atoms with E-state index in [-0.39, 0.29) is 30.5 Å². The van der Waals surface area contributed by atoms with E-state index in [1.807, 2.05) is 0 Å². The van der Waals surface area contributed by atoms with Crippen molar-refractivity contribution < 1.29 is 19.5 Å². The normalized spacial score (nSPS) is 14.4. The van der Waals surface area contributed by atoms with Crippen molar-refractivity contribution in [2.75, 3.05) is 13.1 Å². The van der Waals surface area contributed by atoms with E-state index in [9.17, 15) is 14.4 Å². The molecule has 0 saturated carbocycles. The molecular formula is C13H15N3O4. The number of nitrogens with one attached hydrogen (secondary N) is 1. The van der Waals surface area contributed by atoms with Gasteiger partial charge in [0.25, 0.3) is 0 Å². The second-order valence-corrected chi connectivity index (χ2v) is 4.54. The highest BCUT2D eigenvalue weighted by Gasteiger charge is 2.22. The highest BCUT2D eigenvalue weighted by Crippen LogP contribution is 2.08.